The molecule has 0 aliphatic carbocycles. The number of halogens is 1. The maximum atomic E-state index is 5.01. The molecule has 0 spiro atoms. The van der Waals surface area contributed by atoms with E-state index in [4.69, 9.17) is 11.6 Å². The summed E-state index contributed by atoms with van der Waals surface area (Å²) in [6, 6.07) is 0. The molecule has 0 saturated carbocycles. The third kappa shape index (κ3) is 2.03. The number of hydrogen-bond donors (Lipinski definition) is 0. The molecular formula is C3H5Cl. The lowest BCUT2D eigenvalue weighted by Crippen LogP contribution is -1.20. The fourth-order valence-electron chi connectivity index (χ4n) is 0. The van der Waals surface area contributed by atoms with E-state index in [1.807, 2.05) is 6.92 Å². The maximum Gasteiger partial charge on any atom is -0.0000330 e. The van der Waals surface area contributed by atoms with Crippen LogP contribution in [-0.4, -0.2) is 0 Å². The molecule has 0 aliphatic heterocycles. The summed E-state index contributed by atoms with van der Waals surface area (Å²) in [6.45, 7) is 1.87. The first kappa shape index (κ1) is 4.03. The summed E-state index contributed by atoms with van der Waals surface area (Å²) in [5.74, 6) is 0. The Morgan fingerprint density at radius 1 is 1.75 bits per heavy atom. The Labute approximate surface area is 31.1 Å². The highest BCUT2D eigenvalue weighted by molar-refractivity contribution is 6.25. The fourth-order valence-corrected chi connectivity index (χ4v) is 0. The molecule has 4 heavy (non-hydrogen) atoms. The topological polar surface area (TPSA) is 0 Å². The molecule has 1 heteroatoms. The van der Waals surface area contributed by atoms with E-state index in [1.165, 1.54) is 5.54 Å². The highest BCUT2D eigenvalue weighted by atomic mass is 35.5. The molecule has 0 aliphatic rings. The van der Waals surface area contributed by atoms with Crippen molar-refractivity contribution in [1.29, 1.82) is 0 Å². The van der Waals surface area contributed by atoms with E-state index >= 15 is 0 Å². The lowest BCUT2D eigenvalue weighted by atomic mass is 10.8. The second kappa shape index (κ2) is 3.03. The minimum Gasteiger partial charge on any atom is -0.0933 e. The van der Waals surface area contributed by atoms with Crippen LogP contribution in [0, 0.1) is 0 Å². The first-order chi connectivity index (χ1) is 1.91. The van der Waals surface area contributed by atoms with Crippen LogP contribution in [0.1, 0.15) is 6.92 Å². The Kier molecular flexibility index (Phi) is 3.05. The number of allylic oxidation sites excluding steroid dienone is 1. The molecule has 0 unspecified atom stereocenters. The SMILES string of the molecule is CC=CCl. The van der Waals surface area contributed by atoms with Crippen molar-refractivity contribution in [3.05, 3.63) is 11.6 Å². The molecule has 0 amide bonds. The third-order valence-corrected chi connectivity index (χ3v) is 0.378. The van der Waals surface area contributed by atoms with Gasteiger partial charge in [-0.15, -0.1) is 0 Å². The van der Waals surface area contributed by atoms with Crippen LogP contribution in [0.3, 0.4) is 0 Å². The van der Waals surface area contributed by atoms with Crippen molar-refractivity contribution in [2.45, 2.75) is 6.92 Å². The fraction of sp³-hybridized carbons (Fsp3) is 0.333. The Morgan fingerprint density at radius 2 is 2.00 bits per heavy atom. The zero-order valence-corrected chi connectivity index (χ0v) is 3.29. The van der Waals surface area contributed by atoms with Crippen molar-refractivity contribution in [1.82, 2.24) is 0 Å². The molecule has 0 radical (unpaired) electrons. The minimum absolute atomic E-state index is 1.47. The smallest absolute Gasteiger partial charge is 0.0000330 e. The van der Waals surface area contributed by atoms with Gasteiger partial charge in [0.25, 0.3) is 0 Å². The van der Waals surface area contributed by atoms with Crippen LogP contribution in [0.15, 0.2) is 11.6 Å². The molecule has 0 aromatic rings. The third-order valence-electron chi connectivity index (χ3n) is 0.126. The quantitative estimate of drug-likeness (QED) is 0.412. The van der Waals surface area contributed by atoms with Gasteiger partial charge in [-0.05, 0) is 12.5 Å². The molecule has 0 aromatic carbocycles. The van der Waals surface area contributed by atoms with E-state index in [0.29, 0.717) is 0 Å². The van der Waals surface area contributed by atoms with Crippen LogP contribution in [0.2, 0.25) is 0 Å². The Hall–Kier alpha value is 0.0300. The van der Waals surface area contributed by atoms with Gasteiger partial charge in [0.05, 0.1) is 0 Å². The van der Waals surface area contributed by atoms with Crippen molar-refractivity contribution in [3.63, 3.8) is 0 Å². The molecule has 0 N–H and O–H groups in total. The second-order valence-corrected chi connectivity index (χ2v) is 0.711. The summed E-state index contributed by atoms with van der Waals surface area (Å²) in [7, 11) is 0. The predicted molar refractivity (Wildman–Crippen MR) is 20.7 cm³/mol. The first-order valence-electron chi connectivity index (χ1n) is 1.13. The van der Waals surface area contributed by atoms with Gasteiger partial charge >= 0.3 is 0 Å². The molecule has 0 saturated heterocycles. The van der Waals surface area contributed by atoms with E-state index in [-0.39, 0.29) is 0 Å². The Morgan fingerprint density at radius 3 is 2.00 bits per heavy atom. The van der Waals surface area contributed by atoms with Crippen molar-refractivity contribution in [2.24, 2.45) is 0 Å². The zero-order valence-electron chi connectivity index (χ0n) is 2.53. The lowest BCUT2D eigenvalue weighted by molar-refractivity contribution is 1.78. The van der Waals surface area contributed by atoms with E-state index < -0.39 is 0 Å². The molecule has 0 heterocycles. The second-order valence-electron chi connectivity index (χ2n) is 0.459. The summed E-state index contributed by atoms with van der Waals surface area (Å²) in [5.41, 5.74) is 1.47. The summed E-state index contributed by atoms with van der Waals surface area (Å²) in [4.78, 5) is 0. The molecule has 0 fully saturated rings. The van der Waals surface area contributed by atoms with E-state index in [1.54, 1.807) is 6.08 Å². The maximum absolute atomic E-state index is 5.01. The highest BCUT2D eigenvalue weighted by Crippen LogP contribution is 1.70. The standard InChI is InChI=1S/C3H5Cl/c1-2-3-4/h2-3H,1H3. The molecule has 24 valence electrons. The van der Waals surface area contributed by atoms with Crippen LogP contribution < -0.4 is 0 Å². The average Bonchev–Trinajstić information content (AvgIpc) is 1.37. The highest BCUT2D eigenvalue weighted by Gasteiger charge is 1.37. The van der Waals surface area contributed by atoms with Crippen LogP contribution in [-0.2, 0) is 0 Å². The summed E-state index contributed by atoms with van der Waals surface area (Å²) in [6.07, 6.45) is 1.77. The van der Waals surface area contributed by atoms with Crippen LogP contribution in [0.4, 0.5) is 0 Å². The largest absolute Gasteiger partial charge is 0.0933 e. The van der Waals surface area contributed by atoms with Gasteiger partial charge < -0.3 is 0 Å². The average molecular weight is 76.5 g/mol. The Bertz CT molecular complexity index is 18.5. The number of hydrogen-bond acceptors (Lipinski definition) is 0. The molecular weight excluding hydrogens is 71.5 g/mol. The van der Waals surface area contributed by atoms with Crippen molar-refractivity contribution >= 4 is 11.6 Å². The van der Waals surface area contributed by atoms with Gasteiger partial charge in [0.15, 0.2) is 0 Å². The van der Waals surface area contributed by atoms with Gasteiger partial charge in [-0.3, -0.25) is 0 Å². The predicted octanol–water partition coefficient (Wildman–Crippen LogP) is 1.76. The van der Waals surface area contributed by atoms with Gasteiger partial charge in [0, 0.05) is 0 Å². The molecule has 0 aromatic heterocycles. The van der Waals surface area contributed by atoms with Gasteiger partial charge in [-0.25, -0.2) is 0 Å². The van der Waals surface area contributed by atoms with E-state index in [0.717, 1.165) is 0 Å². The summed E-state index contributed by atoms with van der Waals surface area (Å²) >= 11 is 5.01. The Balaban J connectivity index is 2.55. The molecule has 0 nitrogen and oxygen atoms in total. The molecule has 0 atom stereocenters. The molecule has 0 rings (SSSR count). The van der Waals surface area contributed by atoms with Gasteiger partial charge in [0.1, 0.15) is 0 Å². The summed E-state index contributed by atoms with van der Waals surface area (Å²) in [5, 5.41) is 0. The number of rotatable bonds is 0. The van der Waals surface area contributed by atoms with Crippen LogP contribution >= 0.6 is 11.6 Å². The first-order valence-corrected chi connectivity index (χ1v) is 1.57. The van der Waals surface area contributed by atoms with Crippen LogP contribution in [0.5, 0.6) is 0 Å². The van der Waals surface area contributed by atoms with Crippen molar-refractivity contribution < 1.29 is 0 Å². The van der Waals surface area contributed by atoms with E-state index in [9.17, 15) is 0 Å². The zero-order chi connectivity index (χ0) is 3.41. The summed E-state index contributed by atoms with van der Waals surface area (Å²) < 4.78 is 0. The van der Waals surface area contributed by atoms with Crippen molar-refractivity contribution in [2.75, 3.05) is 0 Å². The van der Waals surface area contributed by atoms with Gasteiger partial charge in [-0.1, -0.05) is 17.7 Å². The van der Waals surface area contributed by atoms with E-state index in [2.05, 4.69) is 0 Å². The lowest BCUT2D eigenvalue weighted by Gasteiger charge is -1.46. The van der Waals surface area contributed by atoms with Gasteiger partial charge in [0.2, 0.25) is 0 Å². The van der Waals surface area contributed by atoms with Gasteiger partial charge in [-0.2, -0.15) is 0 Å². The normalized spacial score (nSPS) is 9.50. The minimum atomic E-state index is 1.47. The van der Waals surface area contributed by atoms with Crippen LogP contribution in [0.25, 0.3) is 0 Å². The van der Waals surface area contributed by atoms with Crippen molar-refractivity contribution in [3.8, 4) is 0 Å². The molecule has 0 bridgehead atoms. The monoisotopic (exact) mass is 76.0 g/mol.